The molecule has 0 fully saturated rings. The van der Waals surface area contributed by atoms with Gasteiger partial charge in [0.2, 0.25) is 0 Å². The van der Waals surface area contributed by atoms with Crippen molar-refractivity contribution in [3.8, 4) is 0 Å². The van der Waals surface area contributed by atoms with E-state index in [-0.39, 0.29) is 6.61 Å². The predicted octanol–water partition coefficient (Wildman–Crippen LogP) is 2.48. The molecule has 0 saturated heterocycles. The van der Waals surface area contributed by atoms with Crippen LogP contribution in [0.1, 0.15) is 13.8 Å². The summed E-state index contributed by atoms with van der Waals surface area (Å²) >= 11 is 0. The second kappa shape index (κ2) is 3.61. The maximum Gasteiger partial charge on any atom is 0.398 e. The summed E-state index contributed by atoms with van der Waals surface area (Å²) in [5.74, 6) is 0. The van der Waals surface area contributed by atoms with Crippen molar-refractivity contribution >= 4 is 7.60 Å². The molecule has 0 spiro atoms. The van der Waals surface area contributed by atoms with E-state index in [4.69, 9.17) is 0 Å². The molecule has 0 heterocycles. The molecule has 3 nitrogen and oxygen atoms in total. The minimum Gasteiger partial charge on any atom is -0.308 e. The molecule has 0 rings (SSSR count). The van der Waals surface area contributed by atoms with Gasteiger partial charge < -0.3 is 9.05 Å². The highest BCUT2D eigenvalue weighted by Crippen LogP contribution is 2.60. The van der Waals surface area contributed by atoms with Crippen molar-refractivity contribution in [3.63, 3.8) is 0 Å². The van der Waals surface area contributed by atoms with E-state index in [1.807, 2.05) is 0 Å². The summed E-state index contributed by atoms with van der Waals surface area (Å²) < 4.78 is 44.4. The van der Waals surface area contributed by atoms with Crippen LogP contribution < -0.4 is 0 Å². The Labute approximate surface area is 64.2 Å². The molecule has 0 aliphatic heterocycles. The SMILES string of the molecule is CCOP(=O)(OC)C(C)(F)F. The molecule has 0 aliphatic carbocycles. The average molecular weight is 188 g/mol. The van der Waals surface area contributed by atoms with Gasteiger partial charge in [-0.2, -0.15) is 8.78 Å². The average Bonchev–Trinajstić information content (AvgIpc) is 1.86. The Kier molecular flexibility index (Phi) is 3.61. The lowest BCUT2D eigenvalue weighted by atomic mass is 10.9. The molecular formula is C5H11F2O3P. The van der Waals surface area contributed by atoms with Gasteiger partial charge in [0.1, 0.15) is 0 Å². The molecule has 0 aliphatic rings. The lowest BCUT2D eigenvalue weighted by Crippen LogP contribution is -2.14. The minimum atomic E-state index is -4.22. The Balaban J connectivity index is 4.48. The van der Waals surface area contributed by atoms with Crippen LogP contribution in [0.3, 0.4) is 0 Å². The number of hydrogen-bond donors (Lipinski definition) is 0. The Hall–Kier alpha value is 0.01000. The predicted molar refractivity (Wildman–Crippen MR) is 36.9 cm³/mol. The molecular weight excluding hydrogens is 177 g/mol. The fraction of sp³-hybridized carbons (Fsp3) is 1.00. The van der Waals surface area contributed by atoms with Gasteiger partial charge in [0, 0.05) is 14.0 Å². The van der Waals surface area contributed by atoms with Crippen LogP contribution in [0.5, 0.6) is 0 Å². The summed E-state index contributed by atoms with van der Waals surface area (Å²) in [4.78, 5) is 0. The summed E-state index contributed by atoms with van der Waals surface area (Å²) in [6.45, 7) is 1.92. The van der Waals surface area contributed by atoms with E-state index in [0.29, 0.717) is 6.92 Å². The summed E-state index contributed by atoms with van der Waals surface area (Å²) in [6, 6.07) is 0. The second-order valence-corrected chi connectivity index (χ2v) is 4.34. The minimum absolute atomic E-state index is 0.0610. The highest BCUT2D eigenvalue weighted by Gasteiger charge is 2.48. The van der Waals surface area contributed by atoms with Crippen molar-refractivity contribution < 1.29 is 22.4 Å². The Morgan fingerprint density at radius 2 is 2.00 bits per heavy atom. The molecule has 6 heteroatoms. The maximum atomic E-state index is 12.4. The van der Waals surface area contributed by atoms with Gasteiger partial charge in [0.15, 0.2) is 0 Å². The highest BCUT2D eigenvalue weighted by molar-refractivity contribution is 7.55. The van der Waals surface area contributed by atoms with Gasteiger partial charge in [-0.1, -0.05) is 0 Å². The standard InChI is InChI=1S/C5H11F2O3P/c1-4-10-11(8,9-3)5(2,6)7/h4H2,1-3H3. The summed E-state index contributed by atoms with van der Waals surface area (Å²) in [7, 11) is -3.28. The summed E-state index contributed by atoms with van der Waals surface area (Å²) in [5.41, 5.74) is -3.43. The Morgan fingerprint density at radius 1 is 1.55 bits per heavy atom. The van der Waals surface area contributed by atoms with Crippen LogP contribution in [0.2, 0.25) is 0 Å². The van der Waals surface area contributed by atoms with Gasteiger partial charge in [-0.15, -0.1) is 0 Å². The fourth-order valence-electron chi connectivity index (χ4n) is 0.496. The van der Waals surface area contributed by atoms with Gasteiger partial charge in [0.25, 0.3) is 0 Å². The van der Waals surface area contributed by atoms with Crippen molar-refractivity contribution in [2.45, 2.75) is 19.5 Å². The fourth-order valence-corrected chi connectivity index (χ4v) is 1.49. The van der Waals surface area contributed by atoms with E-state index < -0.39 is 13.3 Å². The molecule has 68 valence electrons. The molecule has 0 N–H and O–H groups in total. The third kappa shape index (κ3) is 2.51. The second-order valence-electron chi connectivity index (χ2n) is 1.94. The number of hydrogen-bond acceptors (Lipinski definition) is 3. The topological polar surface area (TPSA) is 35.5 Å². The van der Waals surface area contributed by atoms with E-state index in [2.05, 4.69) is 9.05 Å². The number of rotatable bonds is 4. The Bertz CT molecular complexity index is 166. The van der Waals surface area contributed by atoms with Crippen LogP contribution in [-0.4, -0.2) is 19.4 Å². The van der Waals surface area contributed by atoms with Gasteiger partial charge >= 0.3 is 13.3 Å². The van der Waals surface area contributed by atoms with Gasteiger partial charge in [-0.05, 0) is 6.92 Å². The molecule has 11 heavy (non-hydrogen) atoms. The molecule has 0 saturated carbocycles. The van der Waals surface area contributed by atoms with E-state index in [9.17, 15) is 13.3 Å². The highest BCUT2D eigenvalue weighted by atomic mass is 31.2. The zero-order valence-corrected chi connectivity index (χ0v) is 7.53. The first-order valence-corrected chi connectivity index (χ1v) is 4.60. The normalized spacial score (nSPS) is 17.9. The maximum absolute atomic E-state index is 12.4. The number of halogens is 2. The van der Waals surface area contributed by atoms with Crippen LogP contribution in [-0.2, 0) is 13.6 Å². The van der Waals surface area contributed by atoms with Gasteiger partial charge in [-0.3, -0.25) is 4.57 Å². The van der Waals surface area contributed by atoms with Crippen LogP contribution in [0.15, 0.2) is 0 Å². The van der Waals surface area contributed by atoms with E-state index in [1.54, 1.807) is 0 Å². The van der Waals surface area contributed by atoms with Crippen molar-refractivity contribution in [2.75, 3.05) is 13.7 Å². The summed E-state index contributed by atoms with van der Waals surface area (Å²) in [5, 5.41) is 0. The first-order valence-electron chi connectivity index (χ1n) is 3.05. The van der Waals surface area contributed by atoms with E-state index >= 15 is 0 Å². The van der Waals surface area contributed by atoms with Crippen LogP contribution in [0.4, 0.5) is 8.78 Å². The Morgan fingerprint density at radius 3 is 2.09 bits per heavy atom. The first kappa shape index (κ1) is 11.0. The van der Waals surface area contributed by atoms with Gasteiger partial charge in [0.05, 0.1) is 6.61 Å². The van der Waals surface area contributed by atoms with Crippen molar-refractivity contribution in [1.29, 1.82) is 0 Å². The van der Waals surface area contributed by atoms with Crippen LogP contribution in [0.25, 0.3) is 0 Å². The molecule has 0 amide bonds. The summed E-state index contributed by atoms with van der Waals surface area (Å²) in [6.07, 6.45) is 0. The van der Waals surface area contributed by atoms with Gasteiger partial charge in [-0.25, -0.2) is 0 Å². The van der Waals surface area contributed by atoms with E-state index in [1.165, 1.54) is 6.92 Å². The number of alkyl halides is 2. The van der Waals surface area contributed by atoms with Crippen LogP contribution >= 0.6 is 7.60 Å². The van der Waals surface area contributed by atoms with Crippen molar-refractivity contribution in [1.82, 2.24) is 0 Å². The molecule has 0 radical (unpaired) electrons. The third-order valence-corrected chi connectivity index (χ3v) is 3.06. The monoisotopic (exact) mass is 188 g/mol. The lowest BCUT2D eigenvalue weighted by Gasteiger charge is -2.20. The molecule has 0 aromatic heterocycles. The molecule has 1 unspecified atom stereocenters. The molecule has 0 aromatic rings. The first-order chi connectivity index (χ1) is 4.87. The third-order valence-electron chi connectivity index (χ3n) is 1.02. The lowest BCUT2D eigenvalue weighted by molar-refractivity contribution is 0.0607. The smallest absolute Gasteiger partial charge is 0.308 e. The van der Waals surface area contributed by atoms with Crippen molar-refractivity contribution in [3.05, 3.63) is 0 Å². The largest absolute Gasteiger partial charge is 0.398 e. The molecule has 0 bridgehead atoms. The van der Waals surface area contributed by atoms with Crippen molar-refractivity contribution in [2.24, 2.45) is 0 Å². The molecule has 0 aromatic carbocycles. The molecule has 1 atom stereocenters. The zero-order valence-electron chi connectivity index (χ0n) is 6.63. The quantitative estimate of drug-likeness (QED) is 0.635. The zero-order chi connectivity index (χ0) is 9.12. The van der Waals surface area contributed by atoms with Crippen LogP contribution in [0, 0.1) is 0 Å². The van der Waals surface area contributed by atoms with E-state index in [0.717, 1.165) is 7.11 Å².